The molecule has 5 aliphatic rings. The van der Waals surface area contributed by atoms with Crippen LogP contribution in [0.5, 0.6) is 5.75 Å². The lowest BCUT2D eigenvalue weighted by molar-refractivity contribution is -0.160. The number of halogens is 2. The predicted octanol–water partition coefficient (Wildman–Crippen LogP) is 4.11. The van der Waals surface area contributed by atoms with E-state index in [1.54, 1.807) is 12.1 Å². The molecule has 7 heteroatoms. The number of rotatable bonds is 6. The number of carbonyl (C=O) groups excluding carboxylic acids is 2. The van der Waals surface area contributed by atoms with Crippen molar-refractivity contribution in [3.8, 4) is 5.75 Å². The summed E-state index contributed by atoms with van der Waals surface area (Å²) in [5.74, 6) is 2.28. The van der Waals surface area contributed by atoms with Crippen molar-refractivity contribution in [2.24, 2.45) is 23.2 Å². The van der Waals surface area contributed by atoms with Gasteiger partial charge in [0.2, 0.25) is 11.8 Å². The average Bonchev–Trinajstić information content (AvgIpc) is 3.21. The van der Waals surface area contributed by atoms with Crippen LogP contribution in [0.25, 0.3) is 0 Å². The highest BCUT2D eigenvalue weighted by molar-refractivity contribution is 5.91. The van der Waals surface area contributed by atoms with Crippen LogP contribution in [-0.2, 0) is 16.1 Å². The molecule has 4 saturated carbocycles. The van der Waals surface area contributed by atoms with E-state index in [1.165, 1.54) is 31.4 Å². The smallest absolute Gasteiger partial charge is 0.387 e. The highest BCUT2D eigenvalue weighted by Crippen LogP contribution is 2.60. The third-order valence-electron chi connectivity index (χ3n) is 7.92. The van der Waals surface area contributed by atoms with E-state index >= 15 is 0 Å². The van der Waals surface area contributed by atoms with Crippen molar-refractivity contribution >= 4 is 11.8 Å². The summed E-state index contributed by atoms with van der Waals surface area (Å²) in [5.41, 5.74) is 0.574. The van der Waals surface area contributed by atoms with Gasteiger partial charge < -0.3 is 15.0 Å². The molecule has 1 unspecified atom stereocenters. The van der Waals surface area contributed by atoms with E-state index in [1.807, 2.05) is 4.90 Å². The lowest BCUT2D eigenvalue weighted by atomic mass is 9.49. The van der Waals surface area contributed by atoms with Gasteiger partial charge in [0.05, 0.1) is 5.41 Å². The van der Waals surface area contributed by atoms with Gasteiger partial charge in [-0.15, -0.1) is 0 Å². The van der Waals surface area contributed by atoms with Gasteiger partial charge >= 0.3 is 6.61 Å². The normalized spacial score (nSPS) is 33.7. The van der Waals surface area contributed by atoms with Crippen LogP contribution in [0.1, 0.15) is 56.9 Å². The molecule has 6 rings (SSSR count). The van der Waals surface area contributed by atoms with Crippen LogP contribution in [-0.4, -0.2) is 35.9 Å². The number of likely N-dealkylation sites (tertiary alicyclic amines) is 1. The van der Waals surface area contributed by atoms with Crippen LogP contribution in [0.2, 0.25) is 0 Å². The van der Waals surface area contributed by atoms with Crippen molar-refractivity contribution < 1.29 is 23.1 Å². The highest BCUT2D eigenvalue weighted by atomic mass is 19.3. The Hall–Kier alpha value is -2.18. The quantitative estimate of drug-likeness (QED) is 0.736. The standard InChI is InChI=1S/C24H30F2N2O3/c25-23(26)31-19-5-3-15(4-6-19)14-27-21(29)20-2-1-7-28(20)22(30)24-11-16-8-17(12-24)10-18(9-16)13-24/h3-6,16-18,20,23H,1-2,7-14H2,(H,27,29). The summed E-state index contributed by atoms with van der Waals surface area (Å²) in [6.07, 6.45) is 8.45. The second-order valence-electron chi connectivity index (χ2n) is 10.1. The van der Waals surface area contributed by atoms with E-state index in [4.69, 9.17) is 0 Å². The Kier molecular flexibility index (Phi) is 5.39. The van der Waals surface area contributed by atoms with Crippen LogP contribution in [0.4, 0.5) is 8.78 Å². The summed E-state index contributed by atoms with van der Waals surface area (Å²) >= 11 is 0. The number of hydrogen-bond acceptors (Lipinski definition) is 3. The molecule has 5 fully saturated rings. The minimum atomic E-state index is -2.86. The monoisotopic (exact) mass is 432 g/mol. The number of nitrogens with one attached hydrogen (secondary N) is 1. The lowest BCUT2D eigenvalue weighted by Crippen LogP contribution is -2.57. The molecule has 31 heavy (non-hydrogen) atoms. The average molecular weight is 433 g/mol. The Morgan fingerprint density at radius 3 is 2.26 bits per heavy atom. The van der Waals surface area contributed by atoms with Crippen molar-refractivity contribution in [3.63, 3.8) is 0 Å². The zero-order valence-electron chi connectivity index (χ0n) is 17.7. The molecular weight excluding hydrogens is 402 g/mol. The molecule has 1 heterocycles. The number of hydrogen-bond donors (Lipinski definition) is 1. The predicted molar refractivity (Wildman–Crippen MR) is 110 cm³/mol. The van der Waals surface area contributed by atoms with Gasteiger partial charge in [0, 0.05) is 13.1 Å². The molecule has 1 N–H and O–H groups in total. The number of benzene rings is 1. The Morgan fingerprint density at radius 1 is 1.06 bits per heavy atom. The number of carbonyl (C=O) groups is 2. The van der Waals surface area contributed by atoms with Crippen molar-refractivity contribution in [2.45, 2.75) is 70.6 Å². The molecule has 0 radical (unpaired) electrons. The van der Waals surface area contributed by atoms with Crippen LogP contribution >= 0.6 is 0 Å². The summed E-state index contributed by atoms with van der Waals surface area (Å²) < 4.78 is 28.9. The fourth-order valence-corrected chi connectivity index (χ4v) is 7.06. The van der Waals surface area contributed by atoms with Crippen LogP contribution in [0.15, 0.2) is 24.3 Å². The van der Waals surface area contributed by atoms with E-state index in [2.05, 4.69) is 10.1 Å². The van der Waals surface area contributed by atoms with Gasteiger partial charge in [-0.1, -0.05) is 12.1 Å². The number of amides is 2. The third-order valence-corrected chi connectivity index (χ3v) is 7.92. The molecule has 4 aliphatic carbocycles. The molecule has 2 amide bonds. The zero-order chi connectivity index (χ0) is 21.6. The first-order valence-electron chi connectivity index (χ1n) is 11.5. The first kappa shape index (κ1) is 20.7. The topological polar surface area (TPSA) is 58.6 Å². The molecule has 1 aromatic rings. The minimum Gasteiger partial charge on any atom is -0.435 e. The minimum absolute atomic E-state index is 0.0909. The molecule has 4 bridgehead atoms. The molecule has 5 nitrogen and oxygen atoms in total. The Labute approximate surface area is 181 Å². The Morgan fingerprint density at radius 2 is 1.68 bits per heavy atom. The molecule has 0 spiro atoms. The fourth-order valence-electron chi connectivity index (χ4n) is 7.06. The molecule has 1 aliphatic heterocycles. The number of ether oxygens (including phenoxy) is 1. The fraction of sp³-hybridized carbons (Fsp3) is 0.667. The third kappa shape index (κ3) is 4.03. The first-order chi connectivity index (χ1) is 14.9. The molecule has 0 aromatic heterocycles. The van der Waals surface area contributed by atoms with Gasteiger partial charge in [0.25, 0.3) is 0 Å². The van der Waals surface area contributed by atoms with E-state index < -0.39 is 12.7 Å². The second-order valence-corrected chi connectivity index (χ2v) is 10.1. The molecule has 1 atom stereocenters. The van der Waals surface area contributed by atoms with Crippen LogP contribution in [0, 0.1) is 23.2 Å². The van der Waals surface area contributed by atoms with Gasteiger partial charge in [-0.05, 0) is 86.8 Å². The molecule has 1 saturated heterocycles. The summed E-state index contributed by atoms with van der Waals surface area (Å²) in [4.78, 5) is 28.5. The molecule has 1 aromatic carbocycles. The van der Waals surface area contributed by atoms with Gasteiger partial charge in [-0.3, -0.25) is 9.59 Å². The summed E-state index contributed by atoms with van der Waals surface area (Å²) in [6.45, 7) is -1.90. The maximum atomic E-state index is 13.7. The zero-order valence-corrected chi connectivity index (χ0v) is 17.7. The maximum Gasteiger partial charge on any atom is 0.387 e. The van der Waals surface area contributed by atoms with E-state index in [9.17, 15) is 18.4 Å². The van der Waals surface area contributed by atoms with E-state index in [-0.39, 0.29) is 23.0 Å². The molecular formula is C24H30F2N2O3. The van der Waals surface area contributed by atoms with E-state index in [0.29, 0.717) is 37.3 Å². The van der Waals surface area contributed by atoms with Crippen molar-refractivity contribution in [2.75, 3.05) is 6.54 Å². The summed E-state index contributed by atoms with van der Waals surface area (Å²) in [6, 6.07) is 5.84. The Balaban J connectivity index is 1.21. The van der Waals surface area contributed by atoms with Gasteiger partial charge in [-0.2, -0.15) is 8.78 Å². The number of nitrogens with zero attached hydrogens (tertiary/aromatic N) is 1. The highest BCUT2D eigenvalue weighted by Gasteiger charge is 2.56. The van der Waals surface area contributed by atoms with Crippen molar-refractivity contribution in [1.29, 1.82) is 0 Å². The van der Waals surface area contributed by atoms with Crippen LogP contribution in [0.3, 0.4) is 0 Å². The summed E-state index contributed by atoms with van der Waals surface area (Å²) in [7, 11) is 0. The van der Waals surface area contributed by atoms with E-state index in [0.717, 1.165) is 31.2 Å². The van der Waals surface area contributed by atoms with Gasteiger partial charge in [0.1, 0.15) is 11.8 Å². The first-order valence-corrected chi connectivity index (χ1v) is 11.5. The Bertz CT molecular complexity index is 806. The summed E-state index contributed by atoms with van der Waals surface area (Å²) in [5, 5.41) is 2.94. The largest absolute Gasteiger partial charge is 0.435 e. The second kappa shape index (κ2) is 8.06. The van der Waals surface area contributed by atoms with Gasteiger partial charge in [-0.25, -0.2) is 0 Å². The SMILES string of the molecule is O=C(NCc1ccc(OC(F)F)cc1)C1CCCN1C(=O)C12CC3CC(CC(C3)C1)C2. The lowest BCUT2D eigenvalue weighted by Gasteiger charge is -2.56. The van der Waals surface area contributed by atoms with Crippen molar-refractivity contribution in [1.82, 2.24) is 10.2 Å². The number of alkyl halides is 2. The maximum absolute atomic E-state index is 13.7. The molecule has 168 valence electrons. The van der Waals surface area contributed by atoms with Crippen molar-refractivity contribution in [3.05, 3.63) is 29.8 Å². The van der Waals surface area contributed by atoms with Gasteiger partial charge in [0.15, 0.2) is 0 Å². The van der Waals surface area contributed by atoms with Crippen LogP contribution < -0.4 is 10.1 Å².